The second-order valence-electron chi connectivity index (χ2n) is 16.1. The van der Waals surface area contributed by atoms with Crippen LogP contribution in [-0.4, -0.2) is 152 Å². The van der Waals surface area contributed by atoms with Crippen molar-refractivity contribution in [1.82, 2.24) is 14.7 Å². The van der Waals surface area contributed by atoms with Gasteiger partial charge in [-0.05, 0) is 51.4 Å². The van der Waals surface area contributed by atoms with Gasteiger partial charge in [0.2, 0.25) is 5.91 Å². The van der Waals surface area contributed by atoms with Crippen LogP contribution in [0.15, 0.2) is 24.3 Å². The minimum Gasteiger partial charge on any atom is -0.454 e. The van der Waals surface area contributed by atoms with E-state index >= 15 is 0 Å². The summed E-state index contributed by atoms with van der Waals surface area (Å²) in [5.74, 6) is -1.46. The Hall–Kier alpha value is -2.16. The highest BCUT2D eigenvalue weighted by atomic mass is 16.6. The first-order chi connectivity index (χ1) is 23.5. The van der Waals surface area contributed by atoms with E-state index in [1.165, 1.54) is 0 Å². The molecule has 1 spiro atoms. The lowest BCUT2D eigenvalue weighted by molar-refractivity contribution is -0.337. The molecule has 7 aliphatic rings. The van der Waals surface area contributed by atoms with Crippen LogP contribution in [0, 0.1) is 29.1 Å². The van der Waals surface area contributed by atoms with Crippen LogP contribution in [0.2, 0.25) is 0 Å². The maximum absolute atomic E-state index is 14.4. The van der Waals surface area contributed by atoms with Gasteiger partial charge in [0.05, 0.1) is 36.1 Å². The van der Waals surface area contributed by atoms with Crippen LogP contribution in [-0.2, 0) is 23.7 Å². The Balaban J connectivity index is 1.14. The number of aliphatic hydroxyl groups is 2. The van der Waals surface area contributed by atoms with E-state index in [0.29, 0.717) is 56.4 Å². The predicted octanol–water partition coefficient (Wildman–Crippen LogP) is 1.45. The number of para-hydroxylation sites is 1. The van der Waals surface area contributed by atoms with E-state index in [1.54, 1.807) is 39.5 Å². The molecule has 49 heavy (non-hydrogen) atoms. The van der Waals surface area contributed by atoms with Crippen LogP contribution in [0.3, 0.4) is 0 Å². The first-order valence-electron chi connectivity index (χ1n) is 18.3. The van der Waals surface area contributed by atoms with Gasteiger partial charge in [-0.25, -0.2) is 4.79 Å². The summed E-state index contributed by atoms with van der Waals surface area (Å²) in [7, 11) is 7.17. The number of nitrogens with zero attached hydrogens (tertiary/aromatic N) is 3. The van der Waals surface area contributed by atoms with Gasteiger partial charge in [0.25, 0.3) is 0 Å². The number of carbonyl (C=O) groups is 2. The second-order valence-corrected chi connectivity index (χ2v) is 16.1. The van der Waals surface area contributed by atoms with Crippen LogP contribution in [0.5, 0.6) is 0 Å². The number of piperidine rings is 1. The van der Waals surface area contributed by atoms with E-state index in [1.807, 2.05) is 6.07 Å². The molecule has 2 heterocycles. The fourth-order valence-corrected chi connectivity index (χ4v) is 12.8. The maximum Gasteiger partial charge on any atom is 0.340 e. The zero-order chi connectivity index (χ0) is 34.5. The molecule has 0 radical (unpaired) electrons. The van der Waals surface area contributed by atoms with E-state index in [4.69, 9.17) is 18.9 Å². The Morgan fingerprint density at radius 1 is 1.00 bits per heavy atom. The summed E-state index contributed by atoms with van der Waals surface area (Å²) in [5.41, 5.74) is -3.59. The standard InChI is InChI=1S/C37H54N4O8/c1-6-41-21-34(49-33(43)22-9-7-8-10-25(22)38-30(42)20-40-15-13-39(2)14-16-40)12-11-29(47-4)36-27(34)18-24(31(36)41)35(44)19-26(46-3)23-17-28(36)37(35,45)32(23)48-5/h7-10,23-24,26-29,31-32,44-45H,6,11-21H2,1-5H3,(H,38,42)/t23-,24+,26+,27-,28+,29+,31+,32+,34-,35+,36+,37+/m1/s1. The van der Waals surface area contributed by atoms with Crippen molar-refractivity contribution in [1.29, 1.82) is 0 Å². The van der Waals surface area contributed by atoms with Crippen molar-refractivity contribution in [3.05, 3.63) is 29.8 Å². The normalized spacial score (nSPS) is 45.7. The zero-order valence-electron chi connectivity index (χ0n) is 29.6. The SMILES string of the molecule is CCN1C[C@]2(OC(=O)c3ccccc3NC(=O)CN3CCN(C)CC3)CC[C@H](OC)[C@]34[C@@H]1[C@H](C[C@H]23)[C@@]1(O)C[C@H](OC)[C@H]2C[C@@H]4[C@]1(O)[C@H]2OC. The van der Waals surface area contributed by atoms with Crippen molar-refractivity contribution in [2.45, 2.75) is 80.2 Å². The van der Waals surface area contributed by atoms with Crippen molar-refractivity contribution in [3.8, 4) is 0 Å². The number of esters is 1. The molecule has 3 N–H and O–H groups in total. The predicted molar refractivity (Wildman–Crippen MR) is 180 cm³/mol. The average Bonchev–Trinajstić information content (AvgIpc) is 3.52. The minimum absolute atomic E-state index is 0.0529. The average molecular weight is 683 g/mol. The third kappa shape index (κ3) is 4.44. The van der Waals surface area contributed by atoms with E-state index in [9.17, 15) is 19.8 Å². The molecule has 1 aromatic carbocycles. The van der Waals surface area contributed by atoms with E-state index in [-0.39, 0.29) is 54.4 Å². The van der Waals surface area contributed by atoms with Crippen LogP contribution in [0.4, 0.5) is 5.69 Å². The monoisotopic (exact) mass is 682 g/mol. The van der Waals surface area contributed by atoms with Gasteiger partial charge in [0.15, 0.2) is 0 Å². The number of methoxy groups -OCH3 is 3. The number of hydrogen-bond acceptors (Lipinski definition) is 11. The number of anilines is 1. The molecule has 270 valence electrons. The molecular formula is C37H54N4O8. The number of carbonyl (C=O) groups excluding carboxylic acids is 2. The lowest BCUT2D eigenvalue weighted by Crippen LogP contribution is -2.83. The van der Waals surface area contributed by atoms with Crippen molar-refractivity contribution < 1.29 is 38.7 Å². The molecule has 5 aliphatic carbocycles. The quantitative estimate of drug-likeness (QED) is 0.327. The van der Waals surface area contributed by atoms with Crippen LogP contribution < -0.4 is 5.32 Å². The molecule has 12 atom stereocenters. The van der Waals surface area contributed by atoms with Crippen molar-refractivity contribution >= 4 is 17.6 Å². The summed E-state index contributed by atoms with van der Waals surface area (Å²) in [5, 5.41) is 28.9. The molecule has 12 nitrogen and oxygen atoms in total. The highest BCUT2D eigenvalue weighted by Crippen LogP contribution is 2.79. The first kappa shape index (κ1) is 34.0. The van der Waals surface area contributed by atoms with Crippen LogP contribution >= 0.6 is 0 Å². The number of hydrogen-bond donors (Lipinski definition) is 3. The van der Waals surface area contributed by atoms with Crippen molar-refractivity contribution in [2.75, 3.05) is 79.5 Å². The van der Waals surface area contributed by atoms with Gasteiger partial charge < -0.3 is 39.4 Å². The number of fused-ring (bicyclic) bond motifs is 2. The summed E-state index contributed by atoms with van der Waals surface area (Å²) in [6.07, 6.45) is 1.86. The molecule has 2 aliphatic heterocycles. The van der Waals surface area contributed by atoms with Crippen molar-refractivity contribution in [3.63, 3.8) is 0 Å². The second kappa shape index (κ2) is 11.9. The summed E-state index contributed by atoms with van der Waals surface area (Å²) in [6.45, 7) is 7.11. The number of likely N-dealkylation sites (tertiary alicyclic amines) is 1. The fraction of sp³-hybridized carbons (Fsp3) is 0.784. The highest BCUT2D eigenvalue weighted by Gasteiger charge is 2.89. The summed E-state index contributed by atoms with van der Waals surface area (Å²) < 4.78 is 25.4. The Bertz CT molecular complexity index is 1470. The van der Waals surface area contributed by atoms with Gasteiger partial charge in [-0.2, -0.15) is 0 Å². The number of benzene rings is 1. The first-order valence-corrected chi connectivity index (χ1v) is 18.3. The van der Waals surface area contributed by atoms with Crippen LogP contribution in [0.1, 0.15) is 49.4 Å². The molecule has 5 saturated carbocycles. The van der Waals surface area contributed by atoms with Crippen molar-refractivity contribution in [2.24, 2.45) is 29.1 Å². The molecule has 7 bridgehead atoms. The zero-order valence-corrected chi connectivity index (χ0v) is 29.6. The summed E-state index contributed by atoms with van der Waals surface area (Å²) >= 11 is 0. The molecule has 8 rings (SSSR count). The highest BCUT2D eigenvalue weighted by molar-refractivity contribution is 6.02. The van der Waals surface area contributed by atoms with E-state index in [2.05, 4.69) is 34.0 Å². The molecule has 12 heteroatoms. The van der Waals surface area contributed by atoms with Gasteiger partial charge in [-0.15, -0.1) is 0 Å². The third-order valence-electron chi connectivity index (χ3n) is 14.6. The molecule has 7 fully saturated rings. The molecule has 1 aromatic rings. The van der Waals surface area contributed by atoms with Gasteiger partial charge in [0.1, 0.15) is 16.8 Å². The summed E-state index contributed by atoms with van der Waals surface area (Å²) in [4.78, 5) is 34.4. The summed E-state index contributed by atoms with van der Waals surface area (Å²) in [6, 6.07) is 7.05. The number of ether oxygens (including phenoxy) is 4. The minimum atomic E-state index is -1.49. The number of likely N-dealkylation sites (N-methyl/N-ethyl adjacent to an activating group) is 2. The van der Waals surface area contributed by atoms with Crippen LogP contribution in [0.25, 0.3) is 0 Å². The Morgan fingerprint density at radius 2 is 1.76 bits per heavy atom. The molecule has 1 amide bonds. The third-order valence-corrected chi connectivity index (χ3v) is 14.6. The van der Waals surface area contributed by atoms with Gasteiger partial charge in [-0.1, -0.05) is 19.1 Å². The molecule has 2 saturated heterocycles. The Morgan fingerprint density at radius 3 is 2.45 bits per heavy atom. The van der Waals surface area contributed by atoms with Gasteiger partial charge in [-0.3, -0.25) is 14.6 Å². The maximum atomic E-state index is 14.4. The van der Waals surface area contributed by atoms with Gasteiger partial charge in [0, 0.05) is 95.6 Å². The topological polar surface area (TPSA) is 133 Å². The Labute approximate surface area is 289 Å². The van der Waals surface area contributed by atoms with E-state index in [0.717, 1.165) is 26.2 Å². The number of rotatable bonds is 9. The van der Waals surface area contributed by atoms with Gasteiger partial charge >= 0.3 is 5.97 Å². The lowest BCUT2D eigenvalue weighted by atomic mass is 9.44. The lowest BCUT2D eigenvalue weighted by Gasteiger charge is -2.70. The smallest absolute Gasteiger partial charge is 0.340 e. The number of nitrogens with one attached hydrogen (secondary N) is 1. The Kier molecular flexibility index (Phi) is 8.28. The molecule has 0 aromatic heterocycles. The van der Waals surface area contributed by atoms with E-state index < -0.39 is 34.3 Å². The number of amides is 1. The molecule has 0 unspecified atom stereocenters. The fourth-order valence-electron chi connectivity index (χ4n) is 12.8. The molecular weight excluding hydrogens is 628 g/mol. The number of piperazine rings is 1. The largest absolute Gasteiger partial charge is 0.454 e.